The van der Waals surface area contributed by atoms with Crippen LogP contribution in [0, 0.1) is 23.7 Å². The summed E-state index contributed by atoms with van der Waals surface area (Å²) in [4.78, 5) is 2.39. The second-order valence-electron chi connectivity index (χ2n) is 7.97. The maximum Gasteiger partial charge on any atom is 0.0468 e. The van der Waals surface area contributed by atoms with Crippen molar-refractivity contribution in [2.45, 2.75) is 72.3 Å². The van der Waals surface area contributed by atoms with Crippen LogP contribution >= 0.6 is 0 Å². The Bertz CT molecular complexity index is 232. The molecule has 0 aromatic rings. The van der Waals surface area contributed by atoms with E-state index in [9.17, 15) is 0 Å². The van der Waals surface area contributed by atoms with Crippen molar-refractivity contribution in [1.29, 1.82) is 0 Å². The van der Waals surface area contributed by atoms with Crippen molar-refractivity contribution in [3.05, 3.63) is 0 Å². The first-order chi connectivity index (χ1) is 9.91. The first-order valence-corrected chi connectivity index (χ1v) is 9.16. The highest BCUT2D eigenvalue weighted by Crippen LogP contribution is 2.31. The number of ether oxygens (including phenoxy) is 1. The summed E-state index contributed by atoms with van der Waals surface area (Å²) in [5, 5.41) is 0. The van der Waals surface area contributed by atoms with Gasteiger partial charge < -0.3 is 9.64 Å². The molecule has 0 radical (unpaired) electrons. The predicted molar refractivity (Wildman–Crippen MR) is 92.7 cm³/mol. The van der Waals surface area contributed by atoms with Gasteiger partial charge in [-0.3, -0.25) is 0 Å². The summed E-state index contributed by atoms with van der Waals surface area (Å²) in [6, 6.07) is 0.861. The molecule has 2 nitrogen and oxygen atoms in total. The maximum absolute atomic E-state index is 5.25. The van der Waals surface area contributed by atoms with Crippen LogP contribution < -0.4 is 0 Å². The Kier molecular flexibility index (Phi) is 8.89. The Morgan fingerprint density at radius 2 is 1.14 bits per heavy atom. The topological polar surface area (TPSA) is 12.5 Å². The molecular weight excluding hydrogens is 258 g/mol. The van der Waals surface area contributed by atoms with Crippen molar-refractivity contribution in [1.82, 2.24) is 4.90 Å². The Balaban J connectivity index is 0.000000219. The zero-order chi connectivity index (χ0) is 15.8. The van der Waals surface area contributed by atoms with Crippen LogP contribution in [0.15, 0.2) is 0 Å². The molecule has 0 atom stereocenters. The van der Waals surface area contributed by atoms with Gasteiger partial charge in [-0.2, -0.15) is 0 Å². The number of rotatable bonds is 3. The van der Waals surface area contributed by atoms with E-state index in [0.717, 1.165) is 42.9 Å². The van der Waals surface area contributed by atoms with E-state index in [0.29, 0.717) is 0 Å². The lowest BCUT2D eigenvalue weighted by Crippen LogP contribution is -2.33. The SMILES string of the molecule is CC(C)C1CCC(N(C)C)CC1.CC(C)C1CCOCC1. The molecule has 1 saturated carbocycles. The van der Waals surface area contributed by atoms with Crippen molar-refractivity contribution in [2.24, 2.45) is 23.7 Å². The maximum atomic E-state index is 5.25. The van der Waals surface area contributed by atoms with Crippen LogP contribution in [0.3, 0.4) is 0 Å². The fourth-order valence-electron chi connectivity index (χ4n) is 3.67. The molecule has 1 heterocycles. The fourth-order valence-corrected chi connectivity index (χ4v) is 3.67. The minimum atomic E-state index is 0.855. The van der Waals surface area contributed by atoms with Gasteiger partial charge in [0.2, 0.25) is 0 Å². The molecule has 0 bridgehead atoms. The first kappa shape index (κ1) is 19.0. The van der Waals surface area contributed by atoms with Gasteiger partial charge in [0.1, 0.15) is 0 Å². The Hall–Kier alpha value is -0.0800. The lowest BCUT2D eigenvalue weighted by molar-refractivity contribution is 0.0523. The van der Waals surface area contributed by atoms with E-state index in [-0.39, 0.29) is 0 Å². The van der Waals surface area contributed by atoms with Gasteiger partial charge in [0, 0.05) is 19.3 Å². The van der Waals surface area contributed by atoms with E-state index >= 15 is 0 Å². The summed E-state index contributed by atoms with van der Waals surface area (Å²) >= 11 is 0. The fraction of sp³-hybridized carbons (Fsp3) is 1.00. The summed E-state index contributed by atoms with van der Waals surface area (Å²) in [5.74, 6) is 3.68. The normalized spacial score (nSPS) is 27.9. The average Bonchev–Trinajstić information content (AvgIpc) is 2.49. The third-order valence-corrected chi connectivity index (χ3v) is 5.62. The van der Waals surface area contributed by atoms with Crippen molar-refractivity contribution < 1.29 is 4.74 Å². The van der Waals surface area contributed by atoms with Gasteiger partial charge in [0.05, 0.1) is 0 Å². The molecule has 1 aliphatic carbocycles. The number of hydrogen-bond donors (Lipinski definition) is 0. The Morgan fingerprint density at radius 1 is 0.714 bits per heavy atom. The summed E-state index contributed by atoms with van der Waals surface area (Å²) < 4.78 is 5.25. The van der Waals surface area contributed by atoms with Crippen molar-refractivity contribution >= 4 is 0 Å². The standard InChI is InChI=1S/C11H23N.C8H16O/c1-9(2)10-5-7-11(8-6-10)12(3)4;1-7(2)8-3-5-9-6-4-8/h9-11H,5-8H2,1-4H3;7-8H,3-6H2,1-2H3. The van der Waals surface area contributed by atoms with Gasteiger partial charge in [-0.05, 0) is 76.3 Å². The Labute approximate surface area is 133 Å². The summed E-state index contributed by atoms with van der Waals surface area (Å²) in [6.07, 6.45) is 8.27. The second kappa shape index (κ2) is 9.84. The lowest BCUT2D eigenvalue weighted by Gasteiger charge is -2.34. The first-order valence-electron chi connectivity index (χ1n) is 9.16. The van der Waals surface area contributed by atoms with E-state index in [4.69, 9.17) is 4.74 Å². The molecule has 0 N–H and O–H groups in total. The largest absolute Gasteiger partial charge is 0.381 e. The molecule has 0 amide bonds. The molecule has 0 spiro atoms. The molecule has 1 aliphatic heterocycles. The average molecular weight is 298 g/mol. The molecule has 126 valence electrons. The smallest absolute Gasteiger partial charge is 0.0468 e. The molecule has 1 saturated heterocycles. The van der Waals surface area contributed by atoms with Crippen LogP contribution in [0.5, 0.6) is 0 Å². The van der Waals surface area contributed by atoms with Crippen LogP contribution in [0.2, 0.25) is 0 Å². The zero-order valence-electron chi connectivity index (χ0n) is 15.4. The van der Waals surface area contributed by atoms with Crippen LogP contribution in [0.1, 0.15) is 66.2 Å². The van der Waals surface area contributed by atoms with Gasteiger partial charge in [-0.1, -0.05) is 27.7 Å². The van der Waals surface area contributed by atoms with E-state index in [1.165, 1.54) is 38.5 Å². The highest BCUT2D eigenvalue weighted by atomic mass is 16.5. The summed E-state index contributed by atoms with van der Waals surface area (Å²) in [5.41, 5.74) is 0. The van der Waals surface area contributed by atoms with Crippen molar-refractivity contribution in [2.75, 3.05) is 27.3 Å². The van der Waals surface area contributed by atoms with Crippen molar-refractivity contribution in [3.8, 4) is 0 Å². The van der Waals surface area contributed by atoms with Crippen LogP contribution in [-0.2, 0) is 4.74 Å². The summed E-state index contributed by atoms with van der Waals surface area (Å²) in [6.45, 7) is 11.3. The molecule has 0 unspecified atom stereocenters. The van der Waals surface area contributed by atoms with Crippen LogP contribution in [0.25, 0.3) is 0 Å². The highest BCUT2D eigenvalue weighted by Gasteiger charge is 2.23. The van der Waals surface area contributed by atoms with Crippen LogP contribution in [0.4, 0.5) is 0 Å². The van der Waals surface area contributed by atoms with Gasteiger partial charge in [-0.25, -0.2) is 0 Å². The molecule has 0 aromatic heterocycles. The third-order valence-electron chi connectivity index (χ3n) is 5.62. The van der Waals surface area contributed by atoms with Gasteiger partial charge in [0.15, 0.2) is 0 Å². The molecule has 2 fully saturated rings. The quantitative estimate of drug-likeness (QED) is 0.739. The van der Waals surface area contributed by atoms with E-state index in [1.54, 1.807) is 0 Å². The molecule has 2 rings (SSSR count). The molecule has 0 aromatic carbocycles. The Morgan fingerprint density at radius 3 is 1.48 bits per heavy atom. The number of hydrogen-bond acceptors (Lipinski definition) is 2. The zero-order valence-corrected chi connectivity index (χ0v) is 15.4. The minimum Gasteiger partial charge on any atom is -0.381 e. The summed E-state index contributed by atoms with van der Waals surface area (Å²) in [7, 11) is 4.42. The molecule has 2 aliphatic rings. The second-order valence-corrected chi connectivity index (χ2v) is 7.97. The van der Waals surface area contributed by atoms with Gasteiger partial charge in [0.25, 0.3) is 0 Å². The van der Waals surface area contributed by atoms with Gasteiger partial charge in [-0.15, -0.1) is 0 Å². The predicted octanol–water partition coefficient (Wildman–Crippen LogP) is 4.83. The van der Waals surface area contributed by atoms with Crippen LogP contribution in [-0.4, -0.2) is 38.3 Å². The number of nitrogens with zero attached hydrogens (tertiary/aromatic N) is 1. The minimum absolute atomic E-state index is 0.855. The van der Waals surface area contributed by atoms with E-state index < -0.39 is 0 Å². The van der Waals surface area contributed by atoms with E-state index in [1.807, 2.05) is 0 Å². The van der Waals surface area contributed by atoms with Gasteiger partial charge >= 0.3 is 0 Å². The third kappa shape index (κ3) is 7.15. The molecule has 21 heavy (non-hydrogen) atoms. The lowest BCUT2D eigenvalue weighted by atomic mass is 9.79. The highest BCUT2D eigenvalue weighted by molar-refractivity contribution is 4.78. The van der Waals surface area contributed by atoms with E-state index in [2.05, 4.69) is 46.7 Å². The molecule has 2 heteroatoms. The monoisotopic (exact) mass is 297 g/mol. The van der Waals surface area contributed by atoms with Crippen molar-refractivity contribution in [3.63, 3.8) is 0 Å². The molecular formula is C19H39NO.